The minimum Gasteiger partial charge on any atom is -0.458 e. The number of ether oxygens (including phenoxy) is 1. The van der Waals surface area contributed by atoms with E-state index in [9.17, 15) is 4.79 Å². The third-order valence-corrected chi connectivity index (χ3v) is 2.61. The monoisotopic (exact) mass is 261 g/mol. The number of aryl methyl sites for hydroxylation is 1. The molecule has 0 saturated heterocycles. The molecule has 104 valence electrons. The van der Waals surface area contributed by atoms with Gasteiger partial charge < -0.3 is 10.1 Å². The second kappa shape index (κ2) is 7.74. The Bertz CT molecular complexity index is 431. The van der Waals surface area contributed by atoms with Crippen LogP contribution < -0.4 is 5.32 Å². The highest BCUT2D eigenvalue weighted by Crippen LogP contribution is 2.02. The largest absolute Gasteiger partial charge is 0.458 e. The van der Waals surface area contributed by atoms with Crippen LogP contribution in [-0.2, 0) is 16.1 Å². The predicted molar refractivity (Wildman–Crippen MR) is 77.9 cm³/mol. The molecule has 19 heavy (non-hydrogen) atoms. The van der Waals surface area contributed by atoms with Crippen LogP contribution in [0.2, 0.25) is 0 Å². The van der Waals surface area contributed by atoms with Gasteiger partial charge in [0.15, 0.2) is 0 Å². The van der Waals surface area contributed by atoms with Crippen molar-refractivity contribution in [2.45, 2.75) is 40.3 Å². The van der Waals surface area contributed by atoms with Crippen molar-refractivity contribution in [3.05, 3.63) is 47.0 Å². The van der Waals surface area contributed by atoms with Gasteiger partial charge in [0, 0.05) is 19.2 Å². The second-order valence-electron chi connectivity index (χ2n) is 5.09. The highest BCUT2D eigenvalue weighted by molar-refractivity contribution is 5.82. The van der Waals surface area contributed by atoms with Gasteiger partial charge in [0.2, 0.25) is 0 Å². The molecule has 1 aromatic rings. The highest BCUT2D eigenvalue weighted by Gasteiger charge is 2.06. The van der Waals surface area contributed by atoms with Crippen LogP contribution in [0.15, 0.2) is 35.9 Å². The standard InChI is InChI=1S/C16H23NO2/c1-12(2)9-16(18)19-14(4)10-17-11-15-7-5-13(3)6-8-15/h5-9,14,17H,10-11H2,1-4H3. The van der Waals surface area contributed by atoms with Crippen LogP contribution in [0, 0.1) is 6.92 Å². The summed E-state index contributed by atoms with van der Waals surface area (Å²) in [4.78, 5) is 11.4. The van der Waals surface area contributed by atoms with E-state index in [-0.39, 0.29) is 12.1 Å². The third-order valence-electron chi connectivity index (χ3n) is 2.61. The van der Waals surface area contributed by atoms with Crippen molar-refractivity contribution < 1.29 is 9.53 Å². The maximum Gasteiger partial charge on any atom is 0.330 e. The van der Waals surface area contributed by atoms with Crippen LogP contribution in [0.1, 0.15) is 31.9 Å². The Labute approximate surface area is 115 Å². The average molecular weight is 261 g/mol. The Hall–Kier alpha value is -1.61. The summed E-state index contributed by atoms with van der Waals surface area (Å²) in [5.41, 5.74) is 3.44. The first kappa shape index (κ1) is 15.4. The van der Waals surface area contributed by atoms with E-state index in [0.717, 1.165) is 12.1 Å². The molecule has 1 atom stereocenters. The summed E-state index contributed by atoms with van der Waals surface area (Å²) in [6.45, 7) is 9.14. The van der Waals surface area contributed by atoms with Gasteiger partial charge in [0.25, 0.3) is 0 Å². The summed E-state index contributed by atoms with van der Waals surface area (Å²) in [7, 11) is 0. The van der Waals surface area contributed by atoms with Crippen LogP contribution in [0.4, 0.5) is 0 Å². The van der Waals surface area contributed by atoms with E-state index in [2.05, 4.69) is 36.5 Å². The van der Waals surface area contributed by atoms with Crippen molar-refractivity contribution in [3.63, 3.8) is 0 Å². The van der Waals surface area contributed by atoms with E-state index in [1.165, 1.54) is 17.2 Å². The van der Waals surface area contributed by atoms with Crippen LogP contribution in [0.5, 0.6) is 0 Å². The minimum absolute atomic E-state index is 0.131. The van der Waals surface area contributed by atoms with Gasteiger partial charge in [-0.2, -0.15) is 0 Å². The summed E-state index contributed by atoms with van der Waals surface area (Å²) in [6, 6.07) is 8.38. The number of benzene rings is 1. The van der Waals surface area contributed by atoms with Crippen molar-refractivity contribution >= 4 is 5.97 Å². The molecule has 0 amide bonds. The van der Waals surface area contributed by atoms with E-state index in [4.69, 9.17) is 4.74 Å². The molecular weight excluding hydrogens is 238 g/mol. The fraction of sp³-hybridized carbons (Fsp3) is 0.438. The van der Waals surface area contributed by atoms with Gasteiger partial charge in [-0.15, -0.1) is 0 Å². The topological polar surface area (TPSA) is 38.3 Å². The quantitative estimate of drug-likeness (QED) is 0.632. The molecule has 0 aliphatic carbocycles. The number of nitrogens with one attached hydrogen (secondary N) is 1. The molecule has 3 nitrogen and oxygen atoms in total. The molecule has 0 aliphatic heterocycles. The first-order chi connectivity index (χ1) is 8.97. The molecule has 1 aromatic carbocycles. The predicted octanol–water partition coefficient (Wildman–Crippen LogP) is 2.98. The normalized spacial score (nSPS) is 11.8. The van der Waals surface area contributed by atoms with Gasteiger partial charge in [0.1, 0.15) is 6.10 Å². The molecule has 0 fully saturated rings. The summed E-state index contributed by atoms with van der Waals surface area (Å²) in [5, 5.41) is 3.28. The molecule has 0 spiro atoms. The summed E-state index contributed by atoms with van der Waals surface area (Å²) >= 11 is 0. The Morgan fingerprint density at radius 1 is 1.32 bits per heavy atom. The molecule has 0 radical (unpaired) electrons. The summed E-state index contributed by atoms with van der Waals surface area (Å²) in [6.07, 6.45) is 1.38. The molecule has 1 rings (SSSR count). The van der Waals surface area contributed by atoms with Gasteiger partial charge in [-0.05, 0) is 33.3 Å². The van der Waals surface area contributed by atoms with Crippen molar-refractivity contribution in [1.82, 2.24) is 5.32 Å². The highest BCUT2D eigenvalue weighted by atomic mass is 16.5. The SMILES string of the molecule is CC(C)=CC(=O)OC(C)CNCc1ccc(C)cc1. The van der Waals surface area contributed by atoms with Gasteiger partial charge in [-0.3, -0.25) is 0 Å². The molecule has 0 aliphatic rings. The first-order valence-corrected chi connectivity index (χ1v) is 6.59. The van der Waals surface area contributed by atoms with Crippen LogP contribution in [0.25, 0.3) is 0 Å². The lowest BCUT2D eigenvalue weighted by Crippen LogP contribution is -2.28. The molecular formula is C16H23NO2. The number of hydrogen-bond donors (Lipinski definition) is 1. The Morgan fingerprint density at radius 2 is 1.95 bits per heavy atom. The van der Waals surface area contributed by atoms with Gasteiger partial charge in [0.05, 0.1) is 0 Å². The zero-order chi connectivity index (χ0) is 14.3. The Morgan fingerprint density at radius 3 is 2.53 bits per heavy atom. The lowest BCUT2D eigenvalue weighted by molar-refractivity contribution is -0.142. The molecule has 0 saturated carbocycles. The molecule has 1 unspecified atom stereocenters. The lowest BCUT2D eigenvalue weighted by atomic mass is 10.1. The van der Waals surface area contributed by atoms with E-state index in [1.807, 2.05) is 20.8 Å². The number of rotatable bonds is 6. The van der Waals surface area contributed by atoms with E-state index < -0.39 is 0 Å². The number of carbonyl (C=O) groups is 1. The van der Waals surface area contributed by atoms with Crippen molar-refractivity contribution in [2.75, 3.05) is 6.54 Å². The maximum absolute atomic E-state index is 11.4. The van der Waals surface area contributed by atoms with Crippen LogP contribution in [-0.4, -0.2) is 18.6 Å². The molecule has 1 N–H and O–H groups in total. The van der Waals surface area contributed by atoms with E-state index >= 15 is 0 Å². The molecule has 0 heterocycles. The van der Waals surface area contributed by atoms with Gasteiger partial charge in [-0.25, -0.2) is 4.79 Å². The van der Waals surface area contributed by atoms with Crippen molar-refractivity contribution in [2.24, 2.45) is 0 Å². The summed E-state index contributed by atoms with van der Waals surface area (Å²) < 4.78 is 5.24. The van der Waals surface area contributed by atoms with Crippen molar-refractivity contribution in [3.8, 4) is 0 Å². The Balaban J connectivity index is 2.27. The zero-order valence-electron chi connectivity index (χ0n) is 12.2. The molecule has 3 heteroatoms. The fourth-order valence-corrected chi connectivity index (χ4v) is 1.64. The molecule has 0 bridgehead atoms. The fourth-order valence-electron chi connectivity index (χ4n) is 1.64. The number of hydrogen-bond acceptors (Lipinski definition) is 3. The van der Waals surface area contributed by atoms with Crippen LogP contribution >= 0.6 is 0 Å². The number of esters is 1. The zero-order valence-corrected chi connectivity index (χ0v) is 12.2. The number of allylic oxidation sites excluding steroid dienone is 1. The second-order valence-corrected chi connectivity index (χ2v) is 5.09. The average Bonchev–Trinajstić information content (AvgIpc) is 2.30. The van der Waals surface area contributed by atoms with Gasteiger partial charge >= 0.3 is 5.97 Å². The smallest absolute Gasteiger partial charge is 0.330 e. The molecule has 0 aromatic heterocycles. The first-order valence-electron chi connectivity index (χ1n) is 6.59. The Kier molecular flexibility index (Phi) is 6.30. The summed E-state index contributed by atoms with van der Waals surface area (Å²) in [5.74, 6) is -0.273. The van der Waals surface area contributed by atoms with E-state index in [0.29, 0.717) is 6.54 Å². The van der Waals surface area contributed by atoms with Crippen molar-refractivity contribution in [1.29, 1.82) is 0 Å². The minimum atomic E-state index is -0.273. The lowest BCUT2D eigenvalue weighted by Gasteiger charge is -2.13. The van der Waals surface area contributed by atoms with E-state index in [1.54, 1.807) is 0 Å². The van der Waals surface area contributed by atoms with Crippen LogP contribution in [0.3, 0.4) is 0 Å². The third kappa shape index (κ3) is 6.77. The van der Waals surface area contributed by atoms with Gasteiger partial charge in [-0.1, -0.05) is 35.4 Å². The number of carbonyl (C=O) groups excluding carboxylic acids is 1. The maximum atomic E-state index is 11.4.